The van der Waals surface area contributed by atoms with Gasteiger partial charge in [-0.05, 0) is 19.1 Å². The molecule has 120 valence electrons. The molecule has 0 saturated carbocycles. The molecule has 23 heavy (non-hydrogen) atoms. The maximum atomic E-state index is 5.41. The van der Waals surface area contributed by atoms with Gasteiger partial charge in [-0.15, -0.1) is 5.10 Å². The summed E-state index contributed by atoms with van der Waals surface area (Å²) in [6.45, 7) is 3.39. The van der Waals surface area contributed by atoms with Crippen LogP contribution >= 0.6 is 0 Å². The zero-order valence-electron chi connectivity index (χ0n) is 13.4. The second-order valence-corrected chi connectivity index (χ2v) is 5.03. The number of nitrogens with zero attached hydrogens (tertiary/aromatic N) is 5. The van der Waals surface area contributed by atoms with Crippen molar-refractivity contribution in [2.45, 2.75) is 20.0 Å². The van der Waals surface area contributed by atoms with E-state index in [4.69, 9.17) is 9.47 Å². The number of hydrogen-bond donors (Lipinski definition) is 0. The Kier molecular flexibility index (Phi) is 4.27. The summed E-state index contributed by atoms with van der Waals surface area (Å²) < 4.78 is 14.5. The van der Waals surface area contributed by atoms with Gasteiger partial charge in [-0.1, -0.05) is 11.3 Å². The molecule has 7 heteroatoms. The Bertz CT molecular complexity index is 771. The normalized spacial score (nSPS) is 10.7. The Hall–Kier alpha value is -2.83. The van der Waals surface area contributed by atoms with E-state index in [0.29, 0.717) is 6.54 Å². The predicted molar refractivity (Wildman–Crippen MR) is 85.6 cm³/mol. The average molecular weight is 313 g/mol. The van der Waals surface area contributed by atoms with Crippen LogP contribution in [0.3, 0.4) is 0 Å². The van der Waals surface area contributed by atoms with E-state index in [0.717, 1.165) is 34.9 Å². The number of ether oxygens (including phenoxy) is 2. The fraction of sp³-hybridized carbons (Fsp3) is 0.312. The minimum absolute atomic E-state index is 0.516. The topological polar surface area (TPSA) is 67.0 Å². The maximum absolute atomic E-state index is 5.41. The van der Waals surface area contributed by atoms with Crippen LogP contribution in [0.2, 0.25) is 0 Å². The molecule has 0 N–H and O–H groups in total. The summed E-state index contributed by atoms with van der Waals surface area (Å²) in [4.78, 5) is 0. The van der Waals surface area contributed by atoms with Gasteiger partial charge in [-0.3, -0.25) is 4.68 Å². The highest BCUT2D eigenvalue weighted by Gasteiger charge is 2.13. The Morgan fingerprint density at radius 2 is 1.78 bits per heavy atom. The van der Waals surface area contributed by atoms with E-state index < -0.39 is 0 Å². The molecule has 1 aromatic carbocycles. The molecule has 0 radical (unpaired) electrons. The first-order valence-corrected chi connectivity index (χ1v) is 7.38. The quantitative estimate of drug-likeness (QED) is 0.698. The summed E-state index contributed by atoms with van der Waals surface area (Å²) >= 11 is 0. The third-order valence-electron chi connectivity index (χ3n) is 3.64. The Morgan fingerprint density at radius 1 is 1.04 bits per heavy atom. The van der Waals surface area contributed by atoms with E-state index in [1.165, 1.54) is 0 Å². The molecular formula is C16H19N5O2. The van der Waals surface area contributed by atoms with Gasteiger partial charge in [0.2, 0.25) is 0 Å². The molecule has 0 atom stereocenters. The van der Waals surface area contributed by atoms with E-state index in [1.54, 1.807) is 25.1 Å². The zero-order valence-corrected chi connectivity index (χ0v) is 13.4. The van der Waals surface area contributed by atoms with Crippen molar-refractivity contribution in [1.29, 1.82) is 0 Å². The predicted octanol–water partition coefficient (Wildman–Crippen LogP) is 2.23. The number of benzene rings is 1. The largest absolute Gasteiger partial charge is 0.496 e. The van der Waals surface area contributed by atoms with Crippen molar-refractivity contribution >= 4 is 0 Å². The Balaban J connectivity index is 1.87. The van der Waals surface area contributed by atoms with Gasteiger partial charge in [0.15, 0.2) is 0 Å². The fourth-order valence-corrected chi connectivity index (χ4v) is 2.42. The summed E-state index contributed by atoms with van der Waals surface area (Å²) in [6, 6.07) is 5.70. The van der Waals surface area contributed by atoms with Gasteiger partial charge in [0.1, 0.15) is 17.2 Å². The van der Waals surface area contributed by atoms with Gasteiger partial charge in [0, 0.05) is 18.3 Å². The molecule has 3 aromatic rings. The van der Waals surface area contributed by atoms with Gasteiger partial charge in [-0.25, -0.2) is 4.68 Å². The van der Waals surface area contributed by atoms with Crippen LogP contribution in [-0.4, -0.2) is 39.0 Å². The first-order valence-electron chi connectivity index (χ1n) is 7.38. The van der Waals surface area contributed by atoms with Crippen molar-refractivity contribution in [3.63, 3.8) is 0 Å². The second kappa shape index (κ2) is 6.51. The Morgan fingerprint density at radius 3 is 2.39 bits per heavy atom. The van der Waals surface area contributed by atoms with E-state index in [2.05, 4.69) is 15.4 Å². The zero-order chi connectivity index (χ0) is 16.2. The van der Waals surface area contributed by atoms with Crippen molar-refractivity contribution in [2.75, 3.05) is 14.2 Å². The highest BCUT2D eigenvalue weighted by Crippen LogP contribution is 2.29. The smallest absolute Gasteiger partial charge is 0.127 e. The van der Waals surface area contributed by atoms with Gasteiger partial charge < -0.3 is 9.47 Å². The van der Waals surface area contributed by atoms with Crippen LogP contribution in [-0.2, 0) is 13.1 Å². The van der Waals surface area contributed by atoms with Crippen molar-refractivity contribution in [2.24, 2.45) is 0 Å². The molecule has 0 fully saturated rings. The van der Waals surface area contributed by atoms with E-state index >= 15 is 0 Å². The minimum atomic E-state index is 0.516. The number of aryl methyl sites for hydroxylation is 1. The van der Waals surface area contributed by atoms with Gasteiger partial charge in [-0.2, -0.15) is 5.10 Å². The van der Waals surface area contributed by atoms with E-state index in [1.807, 2.05) is 42.2 Å². The van der Waals surface area contributed by atoms with Crippen molar-refractivity contribution in [3.05, 3.63) is 42.4 Å². The van der Waals surface area contributed by atoms with Gasteiger partial charge in [0.05, 0.1) is 38.7 Å². The van der Waals surface area contributed by atoms with Gasteiger partial charge in [0.25, 0.3) is 0 Å². The molecule has 0 unspecified atom stereocenters. The van der Waals surface area contributed by atoms with Crippen molar-refractivity contribution in [1.82, 2.24) is 24.8 Å². The fourth-order valence-electron chi connectivity index (χ4n) is 2.42. The number of methoxy groups -OCH3 is 2. The van der Waals surface area contributed by atoms with Crippen LogP contribution in [0.25, 0.3) is 11.3 Å². The van der Waals surface area contributed by atoms with Gasteiger partial charge >= 0.3 is 0 Å². The number of aromatic nitrogens is 5. The highest BCUT2D eigenvalue weighted by atomic mass is 16.5. The van der Waals surface area contributed by atoms with Crippen molar-refractivity contribution < 1.29 is 9.47 Å². The molecule has 3 rings (SSSR count). The lowest BCUT2D eigenvalue weighted by atomic mass is 10.1. The molecule has 0 bridgehead atoms. The van der Waals surface area contributed by atoms with E-state index in [-0.39, 0.29) is 0 Å². The molecule has 0 spiro atoms. The molecule has 2 aromatic heterocycles. The first kappa shape index (κ1) is 15.1. The lowest BCUT2D eigenvalue weighted by Crippen LogP contribution is -2.04. The molecule has 0 aliphatic heterocycles. The first-order chi connectivity index (χ1) is 11.2. The summed E-state index contributed by atoms with van der Waals surface area (Å²) in [7, 11) is 3.29. The third-order valence-corrected chi connectivity index (χ3v) is 3.64. The molecular weight excluding hydrogens is 294 g/mol. The number of hydrogen-bond acceptors (Lipinski definition) is 5. The van der Waals surface area contributed by atoms with Crippen LogP contribution in [0.15, 0.2) is 36.8 Å². The molecule has 0 aliphatic carbocycles. The minimum Gasteiger partial charge on any atom is -0.496 e. The summed E-state index contributed by atoms with van der Waals surface area (Å²) in [5.74, 6) is 1.53. The molecule has 0 saturated heterocycles. The van der Waals surface area contributed by atoms with Crippen LogP contribution in [0.1, 0.15) is 12.5 Å². The lowest BCUT2D eigenvalue weighted by Gasteiger charge is -2.12. The maximum Gasteiger partial charge on any atom is 0.127 e. The Labute approximate surface area is 134 Å². The lowest BCUT2D eigenvalue weighted by molar-refractivity contribution is 0.381. The molecule has 0 aliphatic rings. The van der Waals surface area contributed by atoms with E-state index in [9.17, 15) is 0 Å². The third kappa shape index (κ3) is 3.03. The van der Waals surface area contributed by atoms with Crippen molar-refractivity contribution in [3.8, 4) is 22.8 Å². The summed E-state index contributed by atoms with van der Waals surface area (Å²) in [5.41, 5.74) is 2.67. The van der Waals surface area contributed by atoms with Crippen LogP contribution in [0.4, 0.5) is 0 Å². The molecule has 2 heterocycles. The standard InChI is InChI=1S/C16H19N5O2/c1-4-20-9-12(8-17-20)14-11-21(19-18-14)10-13-15(22-2)6-5-7-16(13)23-3/h5-9,11H,4,10H2,1-3H3. The average Bonchev–Trinajstić information content (AvgIpc) is 3.23. The van der Waals surface area contributed by atoms with Crippen LogP contribution < -0.4 is 9.47 Å². The monoisotopic (exact) mass is 313 g/mol. The number of rotatable bonds is 6. The SMILES string of the molecule is CCn1cc(-c2cn(Cc3c(OC)cccc3OC)nn2)cn1. The van der Waals surface area contributed by atoms with Crippen LogP contribution in [0.5, 0.6) is 11.5 Å². The van der Waals surface area contributed by atoms with Crippen LogP contribution in [0, 0.1) is 0 Å². The summed E-state index contributed by atoms with van der Waals surface area (Å²) in [5, 5.41) is 12.7. The highest BCUT2D eigenvalue weighted by molar-refractivity contribution is 5.55. The second-order valence-electron chi connectivity index (χ2n) is 5.03. The molecule has 7 nitrogen and oxygen atoms in total. The molecule has 0 amide bonds. The summed E-state index contributed by atoms with van der Waals surface area (Å²) in [6.07, 6.45) is 5.64.